The third-order valence-electron chi connectivity index (χ3n) is 6.47. The van der Waals surface area contributed by atoms with E-state index in [4.69, 9.17) is 4.74 Å². The number of nitrogens with zero attached hydrogens (tertiary/aromatic N) is 6. The molecule has 1 fully saturated rings. The topological polar surface area (TPSA) is 108 Å². The number of aromatic nitrogens is 6. The summed E-state index contributed by atoms with van der Waals surface area (Å²) in [6, 6.07) is 4.16. The molecule has 0 bridgehead atoms. The van der Waals surface area contributed by atoms with E-state index in [2.05, 4.69) is 30.2 Å². The van der Waals surface area contributed by atoms with Gasteiger partial charge in [-0.25, -0.2) is 29.3 Å². The second-order valence-corrected chi connectivity index (χ2v) is 13.1. The van der Waals surface area contributed by atoms with Gasteiger partial charge < -0.3 is 19.2 Å². The molecule has 0 aliphatic heterocycles. The number of ether oxygens (including phenoxy) is 1. The molecule has 0 amide bonds. The van der Waals surface area contributed by atoms with Crippen molar-refractivity contribution in [3.05, 3.63) is 59.7 Å². The lowest BCUT2D eigenvalue weighted by molar-refractivity contribution is -0.140. The minimum atomic E-state index is -4.64. The highest BCUT2D eigenvalue weighted by Gasteiger charge is 2.35. The van der Waals surface area contributed by atoms with Crippen molar-refractivity contribution in [2.75, 3.05) is 25.8 Å². The number of halogens is 4. The van der Waals surface area contributed by atoms with Crippen LogP contribution >= 0.6 is 7.14 Å². The van der Waals surface area contributed by atoms with Crippen LogP contribution in [0.3, 0.4) is 0 Å². The van der Waals surface area contributed by atoms with Gasteiger partial charge in [0.05, 0.1) is 23.7 Å². The van der Waals surface area contributed by atoms with E-state index in [-0.39, 0.29) is 23.9 Å². The van der Waals surface area contributed by atoms with Gasteiger partial charge in [0.2, 0.25) is 5.88 Å². The molecule has 14 heteroatoms. The fraction of sp³-hybridized carbons (Fsp3) is 0.346. The molecule has 1 aliphatic carbocycles. The van der Waals surface area contributed by atoms with Crippen LogP contribution in [0.2, 0.25) is 0 Å². The Labute approximate surface area is 227 Å². The van der Waals surface area contributed by atoms with Crippen molar-refractivity contribution in [3.8, 4) is 28.7 Å². The predicted octanol–water partition coefficient (Wildman–Crippen LogP) is 5.24. The lowest BCUT2D eigenvalue weighted by Crippen LogP contribution is -2.17. The van der Waals surface area contributed by atoms with E-state index in [0.717, 1.165) is 29.3 Å². The third kappa shape index (κ3) is 5.56. The number of methoxy groups -OCH3 is 1. The van der Waals surface area contributed by atoms with Crippen molar-refractivity contribution in [3.63, 3.8) is 0 Å². The molecule has 0 saturated heterocycles. The summed E-state index contributed by atoms with van der Waals surface area (Å²) in [5, 5.41) is 3.54. The van der Waals surface area contributed by atoms with Gasteiger partial charge >= 0.3 is 6.18 Å². The fourth-order valence-corrected chi connectivity index (χ4v) is 5.30. The van der Waals surface area contributed by atoms with E-state index in [1.54, 1.807) is 19.4 Å². The number of benzene rings is 1. The van der Waals surface area contributed by atoms with Gasteiger partial charge in [-0.3, -0.25) is 0 Å². The molecule has 210 valence electrons. The van der Waals surface area contributed by atoms with Gasteiger partial charge in [-0.15, -0.1) is 0 Å². The van der Waals surface area contributed by atoms with E-state index >= 15 is 4.39 Å². The normalized spacial score (nSPS) is 13.9. The van der Waals surface area contributed by atoms with Crippen LogP contribution in [0.5, 0.6) is 5.88 Å². The van der Waals surface area contributed by atoms with E-state index in [1.807, 2.05) is 0 Å². The molecule has 1 aromatic carbocycles. The molecule has 0 radical (unpaired) electrons. The zero-order valence-electron chi connectivity index (χ0n) is 22.1. The number of imidazole rings is 1. The highest BCUT2D eigenvalue weighted by Crippen LogP contribution is 2.45. The maximum atomic E-state index is 15.1. The minimum absolute atomic E-state index is 0.0674. The standard InChI is InChI=1S/C26H26F4N7O2P/c1-37-12-19(26(28,29)30)35-24(37)16-8-5-14(9-17(16)27)10-31-22-18(40(3,4)38)11-32-23(36-22)20-21(15-6-7-15)33-13-34-25(20)39-2/h5,8-9,11-13,15H,6-7,10H2,1-4H3,(H,31,32,36). The molecule has 40 heavy (non-hydrogen) atoms. The first-order chi connectivity index (χ1) is 18.9. The van der Waals surface area contributed by atoms with Crippen LogP contribution in [0.15, 0.2) is 36.9 Å². The summed E-state index contributed by atoms with van der Waals surface area (Å²) in [4.78, 5) is 21.3. The maximum Gasteiger partial charge on any atom is 0.434 e. The van der Waals surface area contributed by atoms with Crippen LogP contribution in [0, 0.1) is 5.82 Å². The molecule has 4 aromatic rings. The Kier molecular flexibility index (Phi) is 7.11. The summed E-state index contributed by atoms with van der Waals surface area (Å²) < 4.78 is 73.9. The summed E-state index contributed by atoms with van der Waals surface area (Å²) in [5.41, 5.74) is 0.660. The number of hydrogen-bond acceptors (Lipinski definition) is 8. The average Bonchev–Trinajstić information content (AvgIpc) is 3.67. The summed E-state index contributed by atoms with van der Waals surface area (Å²) >= 11 is 0. The molecule has 3 heterocycles. The van der Waals surface area contributed by atoms with Crippen LogP contribution in [0.1, 0.15) is 35.7 Å². The molecule has 1 saturated carbocycles. The fourth-order valence-electron chi connectivity index (χ4n) is 4.32. The van der Waals surface area contributed by atoms with E-state index in [0.29, 0.717) is 34.0 Å². The van der Waals surface area contributed by atoms with Crippen molar-refractivity contribution >= 4 is 18.3 Å². The van der Waals surface area contributed by atoms with E-state index < -0.39 is 24.8 Å². The lowest BCUT2D eigenvalue weighted by Gasteiger charge is -2.17. The SMILES string of the molecule is COc1ncnc(C2CC2)c1-c1ncc(P(C)(C)=O)c(NCc2ccc(-c3nc(C(F)(F)F)cn3C)c(F)c2)n1. The Bertz CT molecular complexity index is 1630. The van der Waals surface area contributed by atoms with Gasteiger partial charge in [0.1, 0.15) is 36.5 Å². The Hall–Kier alpha value is -3.86. The second kappa shape index (κ2) is 10.3. The van der Waals surface area contributed by atoms with Gasteiger partial charge in [0.15, 0.2) is 11.5 Å². The second-order valence-electron chi connectivity index (χ2n) is 9.92. The average molecular weight is 576 g/mol. The van der Waals surface area contributed by atoms with Crippen LogP contribution in [0.25, 0.3) is 22.8 Å². The molecule has 9 nitrogen and oxygen atoms in total. The summed E-state index contributed by atoms with van der Waals surface area (Å²) in [7, 11) is 0.0392. The first kappa shape index (κ1) is 27.7. The van der Waals surface area contributed by atoms with Crippen molar-refractivity contribution in [2.45, 2.75) is 31.5 Å². The molecule has 5 rings (SSSR count). The highest BCUT2D eigenvalue weighted by molar-refractivity contribution is 7.70. The van der Waals surface area contributed by atoms with Gasteiger partial charge in [-0.1, -0.05) is 6.07 Å². The summed E-state index contributed by atoms with van der Waals surface area (Å²) in [5.74, 6) is 0.303. The Morgan fingerprint density at radius 1 is 1.15 bits per heavy atom. The van der Waals surface area contributed by atoms with Gasteiger partial charge in [0, 0.05) is 31.9 Å². The van der Waals surface area contributed by atoms with Crippen molar-refractivity contribution in [1.82, 2.24) is 29.5 Å². The number of alkyl halides is 3. The van der Waals surface area contributed by atoms with Crippen LogP contribution in [-0.2, 0) is 24.3 Å². The Balaban J connectivity index is 1.46. The Morgan fingerprint density at radius 2 is 1.90 bits per heavy atom. The molecule has 0 atom stereocenters. The molecule has 0 unspecified atom stereocenters. The third-order valence-corrected chi connectivity index (χ3v) is 7.96. The largest absolute Gasteiger partial charge is 0.480 e. The smallest absolute Gasteiger partial charge is 0.434 e. The monoisotopic (exact) mass is 575 g/mol. The highest BCUT2D eigenvalue weighted by atomic mass is 31.2. The lowest BCUT2D eigenvalue weighted by atomic mass is 10.1. The molecular formula is C26H26F4N7O2P. The van der Waals surface area contributed by atoms with Crippen molar-refractivity contribution in [1.29, 1.82) is 0 Å². The summed E-state index contributed by atoms with van der Waals surface area (Å²) in [6.45, 7) is 3.27. The Morgan fingerprint density at radius 3 is 2.50 bits per heavy atom. The first-order valence-corrected chi connectivity index (χ1v) is 14.9. The summed E-state index contributed by atoms with van der Waals surface area (Å²) in [6.07, 6.45) is 1.06. The van der Waals surface area contributed by atoms with Gasteiger partial charge in [-0.05, 0) is 43.9 Å². The number of hydrogen-bond donors (Lipinski definition) is 1. The molecular weight excluding hydrogens is 549 g/mol. The zero-order valence-corrected chi connectivity index (χ0v) is 23.0. The van der Waals surface area contributed by atoms with E-state index in [1.165, 1.54) is 38.8 Å². The van der Waals surface area contributed by atoms with Crippen molar-refractivity contribution in [2.24, 2.45) is 7.05 Å². The van der Waals surface area contributed by atoms with Crippen LogP contribution in [0.4, 0.5) is 23.4 Å². The van der Waals surface area contributed by atoms with Crippen molar-refractivity contribution < 1.29 is 26.9 Å². The zero-order chi connectivity index (χ0) is 28.8. The van der Waals surface area contributed by atoms with Crippen LogP contribution < -0.4 is 15.4 Å². The number of nitrogens with one attached hydrogen (secondary N) is 1. The molecule has 1 aliphatic rings. The van der Waals surface area contributed by atoms with Gasteiger partial charge in [-0.2, -0.15) is 13.2 Å². The molecule has 1 N–H and O–H groups in total. The van der Waals surface area contributed by atoms with E-state index in [9.17, 15) is 17.7 Å². The van der Waals surface area contributed by atoms with Crippen LogP contribution in [-0.4, -0.2) is 49.9 Å². The number of anilines is 1. The molecule has 3 aromatic heterocycles. The van der Waals surface area contributed by atoms with Gasteiger partial charge in [0.25, 0.3) is 0 Å². The maximum absolute atomic E-state index is 15.1. The first-order valence-electron chi connectivity index (χ1n) is 12.3. The predicted molar refractivity (Wildman–Crippen MR) is 142 cm³/mol. The minimum Gasteiger partial charge on any atom is -0.480 e. The number of rotatable bonds is 8. The quantitative estimate of drug-likeness (QED) is 0.225. The molecule has 0 spiro atoms. The number of aryl methyl sites for hydroxylation is 1.